The minimum atomic E-state index is -0.388. The maximum Gasteiger partial charge on any atom is 0.229 e. The summed E-state index contributed by atoms with van der Waals surface area (Å²) in [6.45, 7) is 6.58. The van der Waals surface area contributed by atoms with Gasteiger partial charge in [0, 0.05) is 30.2 Å². The second kappa shape index (κ2) is 7.66. The van der Waals surface area contributed by atoms with E-state index < -0.39 is 0 Å². The van der Waals surface area contributed by atoms with Crippen LogP contribution in [0.5, 0.6) is 0 Å². The second-order valence-corrected chi connectivity index (χ2v) is 7.94. The number of amides is 2. The SMILES string of the molecule is Cc1cccc(C(C)C)c1NC(=O)C1CC(=O)N(c2cccc3cccnc23)C1. The van der Waals surface area contributed by atoms with Crippen LogP contribution in [0.25, 0.3) is 10.9 Å². The Balaban J connectivity index is 1.58. The van der Waals surface area contributed by atoms with Gasteiger partial charge in [0.1, 0.15) is 0 Å². The Kier molecular flexibility index (Phi) is 5.05. The zero-order chi connectivity index (χ0) is 20.5. The van der Waals surface area contributed by atoms with E-state index in [-0.39, 0.29) is 24.2 Å². The van der Waals surface area contributed by atoms with Crippen molar-refractivity contribution < 1.29 is 9.59 Å². The lowest BCUT2D eigenvalue weighted by atomic mass is 9.97. The second-order valence-electron chi connectivity index (χ2n) is 7.94. The van der Waals surface area contributed by atoms with Gasteiger partial charge in [-0.25, -0.2) is 0 Å². The molecule has 1 unspecified atom stereocenters. The van der Waals surface area contributed by atoms with E-state index in [0.29, 0.717) is 12.5 Å². The number of hydrogen-bond acceptors (Lipinski definition) is 3. The van der Waals surface area contributed by atoms with Crippen LogP contribution in [0.15, 0.2) is 54.7 Å². The summed E-state index contributed by atoms with van der Waals surface area (Å²) in [6.07, 6.45) is 1.93. The number of fused-ring (bicyclic) bond motifs is 1. The van der Waals surface area contributed by atoms with Gasteiger partial charge in [-0.15, -0.1) is 0 Å². The summed E-state index contributed by atoms with van der Waals surface area (Å²) in [6, 6.07) is 15.7. The number of nitrogens with one attached hydrogen (secondary N) is 1. The van der Waals surface area contributed by atoms with E-state index in [1.807, 2.05) is 55.5 Å². The highest BCUT2D eigenvalue weighted by Crippen LogP contribution is 2.32. The van der Waals surface area contributed by atoms with E-state index >= 15 is 0 Å². The molecule has 29 heavy (non-hydrogen) atoms. The van der Waals surface area contributed by atoms with Gasteiger partial charge in [0.25, 0.3) is 0 Å². The van der Waals surface area contributed by atoms with Crippen LogP contribution < -0.4 is 10.2 Å². The minimum Gasteiger partial charge on any atom is -0.325 e. The van der Waals surface area contributed by atoms with Crippen molar-refractivity contribution in [3.8, 4) is 0 Å². The van der Waals surface area contributed by atoms with Crippen molar-refractivity contribution in [2.75, 3.05) is 16.8 Å². The van der Waals surface area contributed by atoms with Gasteiger partial charge in [0.2, 0.25) is 11.8 Å². The predicted octanol–water partition coefficient (Wildman–Crippen LogP) is 4.66. The van der Waals surface area contributed by atoms with Crippen LogP contribution in [-0.4, -0.2) is 23.3 Å². The Morgan fingerprint density at radius 3 is 2.69 bits per heavy atom. The number of carbonyl (C=O) groups excluding carboxylic acids is 2. The molecule has 2 aromatic carbocycles. The van der Waals surface area contributed by atoms with Crippen LogP contribution in [0.1, 0.15) is 37.3 Å². The van der Waals surface area contributed by atoms with E-state index in [9.17, 15) is 9.59 Å². The van der Waals surface area contributed by atoms with Crippen molar-refractivity contribution in [3.05, 3.63) is 65.9 Å². The number of nitrogens with zero attached hydrogens (tertiary/aromatic N) is 2. The molecule has 2 amide bonds. The molecule has 1 atom stereocenters. The molecular weight excluding hydrogens is 362 g/mol. The van der Waals surface area contributed by atoms with Gasteiger partial charge in [0.15, 0.2) is 0 Å². The topological polar surface area (TPSA) is 62.3 Å². The number of para-hydroxylation sites is 2. The number of carbonyl (C=O) groups is 2. The summed E-state index contributed by atoms with van der Waals surface area (Å²) < 4.78 is 0. The number of aryl methyl sites for hydroxylation is 1. The molecule has 0 saturated carbocycles. The van der Waals surface area contributed by atoms with Crippen LogP contribution in [0.4, 0.5) is 11.4 Å². The van der Waals surface area contributed by atoms with E-state index in [4.69, 9.17) is 0 Å². The summed E-state index contributed by atoms with van der Waals surface area (Å²) in [7, 11) is 0. The number of benzene rings is 2. The van der Waals surface area contributed by atoms with Crippen LogP contribution >= 0.6 is 0 Å². The number of pyridine rings is 1. The van der Waals surface area contributed by atoms with E-state index in [1.165, 1.54) is 0 Å². The molecule has 1 aliphatic heterocycles. The molecule has 148 valence electrons. The monoisotopic (exact) mass is 387 g/mol. The highest BCUT2D eigenvalue weighted by atomic mass is 16.2. The smallest absolute Gasteiger partial charge is 0.229 e. The molecule has 0 radical (unpaired) electrons. The lowest BCUT2D eigenvalue weighted by Crippen LogP contribution is -2.28. The average Bonchev–Trinajstić information content (AvgIpc) is 3.10. The summed E-state index contributed by atoms with van der Waals surface area (Å²) in [5, 5.41) is 4.08. The quantitative estimate of drug-likeness (QED) is 0.708. The highest BCUT2D eigenvalue weighted by molar-refractivity contribution is 6.07. The van der Waals surface area contributed by atoms with Gasteiger partial charge in [0.05, 0.1) is 17.1 Å². The van der Waals surface area contributed by atoms with E-state index in [0.717, 1.165) is 33.4 Å². The van der Waals surface area contributed by atoms with E-state index in [2.05, 4.69) is 24.1 Å². The normalized spacial score (nSPS) is 16.6. The number of aromatic nitrogens is 1. The first-order chi connectivity index (χ1) is 14.0. The molecule has 1 saturated heterocycles. The van der Waals surface area contributed by atoms with Crippen molar-refractivity contribution in [1.29, 1.82) is 0 Å². The fraction of sp³-hybridized carbons (Fsp3) is 0.292. The first-order valence-corrected chi connectivity index (χ1v) is 10.00. The molecule has 0 spiro atoms. The standard InChI is InChI=1S/C24H25N3O2/c1-15(2)19-10-4-7-16(3)22(19)26-24(29)18-13-21(28)27(14-18)20-11-5-8-17-9-6-12-25-23(17)20/h4-12,15,18H,13-14H2,1-3H3,(H,26,29). The average molecular weight is 387 g/mol. The van der Waals surface area contributed by atoms with Gasteiger partial charge < -0.3 is 10.2 Å². The summed E-state index contributed by atoms with van der Waals surface area (Å²) in [5.74, 6) is -0.239. The minimum absolute atomic E-state index is 0.0443. The lowest BCUT2D eigenvalue weighted by molar-refractivity contribution is -0.122. The van der Waals surface area contributed by atoms with Crippen molar-refractivity contribution in [2.24, 2.45) is 5.92 Å². The van der Waals surface area contributed by atoms with Crippen molar-refractivity contribution in [2.45, 2.75) is 33.1 Å². The Morgan fingerprint density at radius 1 is 1.14 bits per heavy atom. The van der Waals surface area contributed by atoms with Crippen LogP contribution in [0.3, 0.4) is 0 Å². The van der Waals surface area contributed by atoms with Gasteiger partial charge in [-0.3, -0.25) is 14.6 Å². The number of anilines is 2. The van der Waals surface area contributed by atoms with Crippen LogP contribution in [0.2, 0.25) is 0 Å². The molecule has 0 bridgehead atoms. The Labute approximate surface area is 170 Å². The molecule has 1 aromatic heterocycles. The zero-order valence-corrected chi connectivity index (χ0v) is 17.0. The van der Waals surface area contributed by atoms with Crippen molar-refractivity contribution in [1.82, 2.24) is 4.98 Å². The number of rotatable bonds is 4. The summed E-state index contributed by atoms with van der Waals surface area (Å²) in [5.41, 5.74) is 4.56. The largest absolute Gasteiger partial charge is 0.325 e. The van der Waals surface area contributed by atoms with Crippen molar-refractivity contribution in [3.63, 3.8) is 0 Å². The third kappa shape index (κ3) is 3.60. The fourth-order valence-corrected chi connectivity index (χ4v) is 3.99. The Hall–Kier alpha value is -3.21. The molecule has 1 fully saturated rings. The van der Waals surface area contributed by atoms with Gasteiger partial charge in [-0.1, -0.05) is 50.2 Å². The Bertz CT molecular complexity index is 1090. The molecule has 2 heterocycles. The van der Waals surface area contributed by atoms with Gasteiger partial charge >= 0.3 is 0 Å². The molecule has 5 nitrogen and oxygen atoms in total. The fourth-order valence-electron chi connectivity index (χ4n) is 3.99. The molecular formula is C24H25N3O2. The first kappa shape index (κ1) is 19.1. The lowest BCUT2D eigenvalue weighted by Gasteiger charge is -2.20. The van der Waals surface area contributed by atoms with Gasteiger partial charge in [-0.05, 0) is 36.1 Å². The van der Waals surface area contributed by atoms with Gasteiger partial charge in [-0.2, -0.15) is 0 Å². The molecule has 3 aromatic rings. The Morgan fingerprint density at radius 2 is 1.90 bits per heavy atom. The maximum absolute atomic E-state index is 13.0. The third-order valence-electron chi connectivity index (χ3n) is 5.57. The highest BCUT2D eigenvalue weighted by Gasteiger charge is 2.36. The van der Waals surface area contributed by atoms with Crippen molar-refractivity contribution >= 4 is 34.1 Å². The molecule has 1 N–H and O–H groups in total. The zero-order valence-electron chi connectivity index (χ0n) is 17.0. The summed E-state index contributed by atoms with van der Waals surface area (Å²) in [4.78, 5) is 31.9. The first-order valence-electron chi connectivity index (χ1n) is 10.00. The molecule has 0 aliphatic carbocycles. The van der Waals surface area contributed by atoms with Crippen LogP contribution in [-0.2, 0) is 9.59 Å². The van der Waals surface area contributed by atoms with Crippen LogP contribution in [0, 0.1) is 12.8 Å². The van der Waals surface area contributed by atoms with E-state index in [1.54, 1.807) is 11.1 Å². The number of hydrogen-bond donors (Lipinski definition) is 1. The molecule has 5 heteroatoms. The molecule has 4 rings (SSSR count). The maximum atomic E-state index is 13.0. The third-order valence-corrected chi connectivity index (χ3v) is 5.57. The molecule has 1 aliphatic rings. The predicted molar refractivity (Wildman–Crippen MR) is 116 cm³/mol. The summed E-state index contributed by atoms with van der Waals surface area (Å²) >= 11 is 0.